The molecule has 0 aromatic heterocycles. The SMILES string of the molecule is CC[C@@H]1OCC(=O)[C@H]1NC(=O)[C@H](CC1(C)CCCC1)NC(=O)c1ccc(O)c(Br)c1. The highest BCUT2D eigenvalue weighted by atomic mass is 79.9. The number of Topliss-reactive ketones (excluding diaryl/α,β-unsaturated/α-hetero) is 1. The van der Waals surface area contributed by atoms with Gasteiger partial charge in [-0.3, -0.25) is 14.4 Å². The number of phenolic OH excluding ortho intramolecular Hbond substituents is 1. The van der Waals surface area contributed by atoms with Crippen molar-refractivity contribution in [2.45, 2.75) is 70.6 Å². The minimum Gasteiger partial charge on any atom is -0.507 e. The van der Waals surface area contributed by atoms with E-state index < -0.39 is 18.0 Å². The normalized spacial score (nSPS) is 23.9. The Hall–Kier alpha value is -1.93. The number of carbonyl (C=O) groups is 3. The van der Waals surface area contributed by atoms with E-state index in [4.69, 9.17) is 4.74 Å². The molecular formula is C22H29BrN2O5. The molecule has 0 spiro atoms. The third-order valence-electron chi connectivity index (χ3n) is 6.20. The summed E-state index contributed by atoms with van der Waals surface area (Å²) in [6, 6.07) is 2.99. The van der Waals surface area contributed by atoms with Gasteiger partial charge in [-0.2, -0.15) is 0 Å². The van der Waals surface area contributed by atoms with Gasteiger partial charge in [0.05, 0.1) is 10.6 Å². The average Bonchev–Trinajstić information content (AvgIpc) is 3.29. The van der Waals surface area contributed by atoms with Crippen LogP contribution in [-0.2, 0) is 14.3 Å². The molecule has 7 nitrogen and oxygen atoms in total. The van der Waals surface area contributed by atoms with Crippen LogP contribution in [0.3, 0.4) is 0 Å². The predicted molar refractivity (Wildman–Crippen MR) is 115 cm³/mol. The summed E-state index contributed by atoms with van der Waals surface area (Å²) < 4.78 is 5.86. The number of aromatic hydroxyl groups is 1. The Morgan fingerprint density at radius 1 is 1.33 bits per heavy atom. The first kappa shape index (κ1) is 22.7. The van der Waals surface area contributed by atoms with E-state index in [2.05, 4.69) is 33.5 Å². The van der Waals surface area contributed by atoms with Gasteiger partial charge < -0.3 is 20.5 Å². The number of hydrogen-bond donors (Lipinski definition) is 3. The van der Waals surface area contributed by atoms with E-state index in [0.29, 0.717) is 22.9 Å². The van der Waals surface area contributed by atoms with Crippen molar-refractivity contribution < 1.29 is 24.2 Å². The van der Waals surface area contributed by atoms with Crippen molar-refractivity contribution in [3.05, 3.63) is 28.2 Å². The Balaban J connectivity index is 1.77. The first-order valence-electron chi connectivity index (χ1n) is 10.5. The Bertz CT molecular complexity index is 822. The first-order chi connectivity index (χ1) is 14.2. The Labute approximate surface area is 185 Å². The van der Waals surface area contributed by atoms with Gasteiger partial charge in [-0.05, 0) is 65.2 Å². The van der Waals surface area contributed by atoms with E-state index in [-0.39, 0.29) is 35.6 Å². The van der Waals surface area contributed by atoms with Crippen LogP contribution < -0.4 is 10.6 Å². The molecule has 1 heterocycles. The molecule has 1 aromatic rings. The monoisotopic (exact) mass is 480 g/mol. The van der Waals surface area contributed by atoms with Crippen LogP contribution in [-0.4, -0.2) is 47.5 Å². The molecular weight excluding hydrogens is 452 g/mol. The molecule has 0 bridgehead atoms. The summed E-state index contributed by atoms with van der Waals surface area (Å²) in [5, 5.41) is 15.3. The molecule has 0 radical (unpaired) electrons. The van der Waals surface area contributed by atoms with Crippen LogP contribution in [0.25, 0.3) is 0 Å². The van der Waals surface area contributed by atoms with Crippen molar-refractivity contribution in [2.75, 3.05) is 6.61 Å². The standard InChI is InChI=1S/C22H29BrN2O5/c1-3-18-19(17(27)12-30-18)25-21(29)15(11-22(2)8-4-5-9-22)24-20(28)13-6-7-16(26)14(23)10-13/h6-7,10,15,18-19,26H,3-5,8-9,11-12H2,1-2H3,(H,24,28)(H,25,29)/t15-,18-,19+/m0/s1. The van der Waals surface area contributed by atoms with E-state index in [0.717, 1.165) is 25.7 Å². The van der Waals surface area contributed by atoms with Gasteiger partial charge in [0.2, 0.25) is 5.91 Å². The molecule has 30 heavy (non-hydrogen) atoms. The van der Waals surface area contributed by atoms with Crippen molar-refractivity contribution in [3.63, 3.8) is 0 Å². The highest BCUT2D eigenvalue weighted by molar-refractivity contribution is 9.10. The molecule has 3 rings (SSSR count). The van der Waals surface area contributed by atoms with Gasteiger partial charge in [0.25, 0.3) is 5.91 Å². The molecule has 8 heteroatoms. The van der Waals surface area contributed by atoms with Crippen LogP contribution in [0.4, 0.5) is 0 Å². The quantitative estimate of drug-likeness (QED) is 0.555. The number of rotatable bonds is 7. The van der Waals surface area contributed by atoms with Gasteiger partial charge in [0, 0.05) is 5.56 Å². The van der Waals surface area contributed by atoms with Crippen LogP contribution in [0.1, 0.15) is 62.7 Å². The van der Waals surface area contributed by atoms with Crippen molar-refractivity contribution in [3.8, 4) is 5.75 Å². The lowest BCUT2D eigenvalue weighted by Gasteiger charge is -2.30. The molecule has 164 valence electrons. The summed E-state index contributed by atoms with van der Waals surface area (Å²) >= 11 is 3.21. The van der Waals surface area contributed by atoms with Crippen LogP contribution in [0.5, 0.6) is 5.75 Å². The number of carbonyl (C=O) groups excluding carboxylic acids is 3. The van der Waals surface area contributed by atoms with Crippen LogP contribution in [0, 0.1) is 5.41 Å². The third kappa shape index (κ3) is 5.21. The molecule has 1 saturated heterocycles. The van der Waals surface area contributed by atoms with Crippen LogP contribution in [0.2, 0.25) is 0 Å². The fourth-order valence-electron chi connectivity index (χ4n) is 4.39. The maximum absolute atomic E-state index is 13.1. The van der Waals surface area contributed by atoms with E-state index >= 15 is 0 Å². The Morgan fingerprint density at radius 3 is 2.67 bits per heavy atom. The summed E-state index contributed by atoms with van der Waals surface area (Å²) in [5.41, 5.74) is 0.297. The van der Waals surface area contributed by atoms with Gasteiger partial charge in [-0.15, -0.1) is 0 Å². The molecule has 1 aliphatic carbocycles. The van der Waals surface area contributed by atoms with E-state index in [1.807, 2.05) is 6.92 Å². The zero-order valence-electron chi connectivity index (χ0n) is 17.4. The molecule has 2 aliphatic rings. The number of nitrogens with one attached hydrogen (secondary N) is 2. The highest BCUT2D eigenvalue weighted by Crippen LogP contribution is 2.41. The second kappa shape index (κ2) is 9.47. The molecule has 0 unspecified atom stereocenters. The van der Waals surface area contributed by atoms with E-state index in [1.165, 1.54) is 18.2 Å². The summed E-state index contributed by atoms with van der Waals surface area (Å²) in [7, 11) is 0. The van der Waals surface area contributed by atoms with Gasteiger partial charge in [0.1, 0.15) is 24.4 Å². The van der Waals surface area contributed by atoms with Crippen LogP contribution in [0.15, 0.2) is 22.7 Å². The molecule has 3 atom stereocenters. The second-order valence-electron chi connectivity index (χ2n) is 8.62. The maximum atomic E-state index is 13.1. The number of phenols is 1. The molecule has 1 aromatic carbocycles. The minimum atomic E-state index is -0.765. The highest BCUT2D eigenvalue weighted by Gasteiger charge is 2.39. The van der Waals surface area contributed by atoms with Crippen molar-refractivity contribution in [1.82, 2.24) is 10.6 Å². The molecule has 1 aliphatic heterocycles. The van der Waals surface area contributed by atoms with E-state index in [9.17, 15) is 19.5 Å². The zero-order valence-corrected chi connectivity index (χ0v) is 19.0. The molecule has 2 amide bonds. The topological polar surface area (TPSA) is 105 Å². The molecule has 1 saturated carbocycles. The number of ketones is 1. The third-order valence-corrected chi connectivity index (χ3v) is 6.83. The number of ether oxygens (including phenoxy) is 1. The predicted octanol–water partition coefficient (Wildman–Crippen LogP) is 3.09. The number of hydrogen-bond acceptors (Lipinski definition) is 5. The van der Waals surface area contributed by atoms with Gasteiger partial charge in [-0.1, -0.05) is 26.7 Å². The van der Waals surface area contributed by atoms with Gasteiger partial charge >= 0.3 is 0 Å². The van der Waals surface area contributed by atoms with Crippen LogP contribution >= 0.6 is 15.9 Å². The fourth-order valence-corrected chi connectivity index (χ4v) is 4.77. The smallest absolute Gasteiger partial charge is 0.251 e. The Morgan fingerprint density at radius 2 is 2.03 bits per heavy atom. The molecule has 2 fully saturated rings. The summed E-state index contributed by atoms with van der Waals surface area (Å²) in [6.45, 7) is 4.05. The fraction of sp³-hybridized carbons (Fsp3) is 0.591. The largest absolute Gasteiger partial charge is 0.507 e. The molecule has 3 N–H and O–H groups in total. The van der Waals surface area contributed by atoms with Crippen molar-refractivity contribution in [2.24, 2.45) is 5.41 Å². The lowest BCUT2D eigenvalue weighted by Crippen LogP contribution is -2.54. The first-order valence-corrected chi connectivity index (χ1v) is 11.3. The summed E-state index contributed by atoms with van der Waals surface area (Å²) in [6.07, 6.45) is 5.00. The Kier molecular flexibility index (Phi) is 7.18. The van der Waals surface area contributed by atoms with Gasteiger partial charge in [-0.25, -0.2) is 0 Å². The minimum absolute atomic E-state index is 0.000268. The van der Waals surface area contributed by atoms with Crippen molar-refractivity contribution in [1.29, 1.82) is 0 Å². The van der Waals surface area contributed by atoms with Gasteiger partial charge in [0.15, 0.2) is 5.78 Å². The second-order valence-corrected chi connectivity index (χ2v) is 9.48. The maximum Gasteiger partial charge on any atom is 0.251 e. The zero-order chi connectivity index (χ0) is 21.9. The number of benzene rings is 1. The lowest BCUT2D eigenvalue weighted by atomic mass is 9.81. The van der Waals surface area contributed by atoms with E-state index in [1.54, 1.807) is 0 Å². The van der Waals surface area contributed by atoms with Crippen molar-refractivity contribution >= 4 is 33.5 Å². The summed E-state index contributed by atoms with van der Waals surface area (Å²) in [4.78, 5) is 38.1. The average molecular weight is 481 g/mol. The number of amides is 2. The summed E-state index contributed by atoms with van der Waals surface area (Å²) in [5.74, 6) is -0.880. The number of halogens is 1. The lowest BCUT2D eigenvalue weighted by molar-refractivity contribution is -0.128.